The van der Waals surface area contributed by atoms with Crippen molar-refractivity contribution in [3.8, 4) is 5.75 Å². The highest BCUT2D eigenvalue weighted by Gasteiger charge is 2.44. The van der Waals surface area contributed by atoms with Gasteiger partial charge in [0.2, 0.25) is 0 Å². The van der Waals surface area contributed by atoms with Crippen molar-refractivity contribution in [2.45, 2.75) is 18.3 Å². The molecule has 3 nitrogen and oxygen atoms in total. The number of ether oxygens (including phenoxy) is 1. The molecule has 1 aromatic rings. The van der Waals surface area contributed by atoms with Crippen molar-refractivity contribution in [1.82, 2.24) is 0 Å². The van der Waals surface area contributed by atoms with Crippen molar-refractivity contribution in [2.75, 3.05) is 13.7 Å². The van der Waals surface area contributed by atoms with Gasteiger partial charge in [0.15, 0.2) is 0 Å². The van der Waals surface area contributed by atoms with Crippen LogP contribution in [0.4, 0.5) is 0 Å². The second-order valence-corrected chi connectivity index (χ2v) is 4.79. The maximum Gasteiger partial charge on any atom is 0.133 e. The third-order valence-corrected chi connectivity index (χ3v) is 3.63. The summed E-state index contributed by atoms with van der Waals surface area (Å²) in [6.07, 6.45) is 2.27. The lowest BCUT2D eigenvalue weighted by atomic mass is 9.97. The number of methoxy groups -OCH3 is 1. The smallest absolute Gasteiger partial charge is 0.133 e. The van der Waals surface area contributed by atoms with Gasteiger partial charge in [-0.25, -0.2) is 5.90 Å². The minimum Gasteiger partial charge on any atom is -0.496 e. The molecule has 1 aromatic carbocycles. The van der Waals surface area contributed by atoms with E-state index in [-0.39, 0.29) is 5.41 Å². The summed E-state index contributed by atoms with van der Waals surface area (Å²) >= 11 is 3.44. The van der Waals surface area contributed by atoms with Gasteiger partial charge in [-0.05, 0) is 46.5 Å². The van der Waals surface area contributed by atoms with E-state index < -0.39 is 0 Å². The minimum absolute atomic E-state index is 0.128. The monoisotopic (exact) mass is 271 g/mol. The first-order chi connectivity index (χ1) is 7.22. The SMILES string of the molecule is COc1cc(C2(CON)CC2)ccc1Br. The maximum absolute atomic E-state index is 5.27. The summed E-state index contributed by atoms with van der Waals surface area (Å²) in [6, 6.07) is 6.15. The van der Waals surface area contributed by atoms with Gasteiger partial charge in [0.05, 0.1) is 18.2 Å². The molecule has 0 bridgehead atoms. The zero-order valence-corrected chi connectivity index (χ0v) is 10.2. The van der Waals surface area contributed by atoms with E-state index in [4.69, 9.17) is 15.5 Å². The van der Waals surface area contributed by atoms with Crippen molar-refractivity contribution in [1.29, 1.82) is 0 Å². The van der Waals surface area contributed by atoms with Gasteiger partial charge in [-0.15, -0.1) is 0 Å². The van der Waals surface area contributed by atoms with Crippen molar-refractivity contribution >= 4 is 15.9 Å². The van der Waals surface area contributed by atoms with Crippen LogP contribution in [0.15, 0.2) is 22.7 Å². The molecule has 1 saturated carbocycles. The van der Waals surface area contributed by atoms with Gasteiger partial charge >= 0.3 is 0 Å². The van der Waals surface area contributed by atoms with Gasteiger partial charge in [0.25, 0.3) is 0 Å². The Morgan fingerprint density at radius 3 is 2.73 bits per heavy atom. The molecular formula is C11H14BrNO2. The van der Waals surface area contributed by atoms with Crippen LogP contribution in [-0.2, 0) is 10.3 Å². The maximum atomic E-state index is 5.27. The van der Waals surface area contributed by atoms with E-state index in [1.54, 1.807) is 7.11 Å². The van der Waals surface area contributed by atoms with Gasteiger partial charge in [0, 0.05) is 5.41 Å². The lowest BCUT2D eigenvalue weighted by molar-refractivity contribution is 0.116. The lowest BCUT2D eigenvalue weighted by Gasteiger charge is -2.15. The topological polar surface area (TPSA) is 44.5 Å². The molecule has 0 saturated heterocycles. The van der Waals surface area contributed by atoms with E-state index >= 15 is 0 Å². The molecule has 0 amide bonds. The van der Waals surface area contributed by atoms with Crippen LogP contribution in [0, 0.1) is 0 Å². The van der Waals surface area contributed by atoms with Gasteiger partial charge in [-0.3, -0.25) is 0 Å². The summed E-state index contributed by atoms with van der Waals surface area (Å²) < 4.78 is 6.24. The first kappa shape index (κ1) is 10.9. The number of nitrogens with two attached hydrogens (primary N) is 1. The van der Waals surface area contributed by atoms with E-state index in [9.17, 15) is 0 Å². The summed E-state index contributed by atoms with van der Waals surface area (Å²) in [5.41, 5.74) is 1.37. The van der Waals surface area contributed by atoms with E-state index in [1.165, 1.54) is 5.56 Å². The molecule has 0 unspecified atom stereocenters. The quantitative estimate of drug-likeness (QED) is 0.856. The molecule has 0 atom stereocenters. The van der Waals surface area contributed by atoms with Crippen LogP contribution in [0.2, 0.25) is 0 Å². The molecule has 1 fully saturated rings. The Morgan fingerprint density at radius 2 is 2.20 bits per heavy atom. The van der Waals surface area contributed by atoms with Crippen molar-refractivity contribution < 1.29 is 9.57 Å². The Kier molecular flexibility index (Phi) is 3.00. The third kappa shape index (κ3) is 2.02. The van der Waals surface area contributed by atoms with Crippen LogP contribution in [0.3, 0.4) is 0 Å². The zero-order valence-electron chi connectivity index (χ0n) is 8.63. The number of hydrogen-bond donors (Lipinski definition) is 1. The molecule has 4 heteroatoms. The lowest BCUT2D eigenvalue weighted by Crippen LogP contribution is -2.18. The van der Waals surface area contributed by atoms with E-state index in [1.807, 2.05) is 6.07 Å². The second-order valence-electron chi connectivity index (χ2n) is 3.94. The van der Waals surface area contributed by atoms with Crippen LogP contribution in [0.25, 0.3) is 0 Å². The molecule has 2 N–H and O–H groups in total. The first-order valence-corrected chi connectivity index (χ1v) is 5.67. The summed E-state index contributed by atoms with van der Waals surface area (Å²) in [5, 5.41) is 0. The number of halogens is 1. The molecule has 0 spiro atoms. The van der Waals surface area contributed by atoms with Gasteiger partial charge in [0.1, 0.15) is 5.75 Å². The predicted molar refractivity (Wildman–Crippen MR) is 61.7 cm³/mol. The fraction of sp³-hybridized carbons (Fsp3) is 0.455. The van der Waals surface area contributed by atoms with Gasteiger partial charge in [-0.1, -0.05) is 6.07 Å². The largest absolute Gasteiger partial charge is 0.496 e. The number of rotatable bonds is 4. The second kappa shape index (κ2) is 4.12. The van der Waals surface area contributed by atoms with Gasteiger partial charge < -0.3 is 9.57 Å². The van der Waals surface area contributed by atoms with Gasteiger partial charge in [-0.2, -0.15) is 0 Å². The highest BCUT2D eigenvalue weighted by molar-refractivity contribution is 9.10. The minimum atomic E-state index is 0.128. The molecule has 1 aliphatic rings. The van der Waals surface area contributed by atoms with E-state index in [2.05, 4.69) is 28.1 Å². The van der Waals surface area contributed by atoms with Crippen LogP contribution in [-0.4, -0.2) is 13.7 Å². The molecular weight excluding hydrogens is 258 g/mol. The third-order valence-electron chi connectivity index (χ3n) is 2.98. The average molecular weight is 272 g/mol. The van der Waals surface area contributed by atoms with Crippen molar-refractivity contribution in [3.05, 3.63) is 28.2 Å². The summed E-state index contributed by atoms with van der Waals surface area (Å²) in [6.45, 7) is 0.581. The number of benzene rings is 1. The van der Waals surface area contributed by atoms with Crippen LogP contribution >= 0.6 is 15.9 Å². The van der Waals surface area contributed by atoms with Crippen LogP contribution in [0.1, 0.15) is 18.4 Å². The summed E-state index contributed by atoms with van der Waals surface area (Å²) in [7, 11) is 1.67. The Labute approximate surface area is 97.6 Å². The fourth-order valence-corrected chi connectivity index (χ4v) is 2.22. The van der Waals surface area contributed by atoms with Crippen LogP contribution < -0.4 is 10.6 Å². The fourth-order valence-electron chi connectivity index (χ4n) is 1.82. The Morgan fingerprint density at radius 1 is 1.47 bits per heavy atom. The Balaban J connectivity index is 2.29. The molecule has 1 aliphatic carbocycles. The molecule has 0 heterocycles. The highest BCUT2D eigenvalue weighted by atomic mass is 79.9. The zero-order chi connectivity index (χ0) is 10.9. The molecule has 0 radical (unpaired) electrons. The number of hydrogen-bond acceptors (Lipinski definition) is 3. The van der Waals surface area contributed by atoms with Crippen LogP contribution in [0.5, 0.6) is 5.75 Å². The van der Waals surface area contributed by atoms with Crippen molar-refractivity contribution in [2.24, 2.45) is 5.90 Å². The molecule has 15 heavy (non-hydrogen) atoms. The van der Waals surface area contributed by atoms with E-state index in [0.717, 1.165) is 23.1 Å². The summed E-state index contributed by atoms with van der Waals surface area (Å²) in [5.74, 6) is 6.01. The average Bonchev–Trinajstić information content (AvgIpc) is 3.00. The first-order valence-electron chi connectivity index (χ1n) is 4.87. The highest BCUT2D eigenvalue weighted by Crippen LogP contribution is 2.49. The predicted octanol–water partition coefficient (Wildman–Crippen LogP) is 2.38. The Bertz CT molecular complexity index is 364. The van der Waals surface area contributed by atoms with E-state index in [0.29, 0.717) is 6.61 Å². The molecule has 2 rings (SSSR count). The molecule has 0 aromatic heterocycles. The molecule has 0 aliphatic heterocycles. The summed E-state index contributed by atoms with van der Waals surface area (Å²) in [4.78, 5) is 4.77. The Hall–Kier alpha value is -0.580. The standard InChI is InChI=1S/C11H14BrNO2/c1-14-10-6-8(2-3-9(10)12)11(4-5-11)7-15-13/h2-3,6H,4-5,7,13H2,1H3. The molecule has 82 valence electrons. The van der Waals surface area contributed by atoms with Crippen molar-refractivity contribution in [3.63, 3.8) is 0 Å². The normalized spacial score (nSPS) is 17.5.